The van der Waals surface area contributed by atoms with E-state index in [-0.39, 0.29) is 5.89 Å². The maximum atomic E-state index is 11.4. The number of aromatic nitrogens is 1. The van der Waals surface area contributed by atoms with E-state index in [2.05, 4.69) is 16.4 Å². The number of aldehydes is 1. The number of hydrogen-bond acceptors (Lipinski definition) is 6. The minimum atomic E-state index is 0.265. The zero-order chi connectivity index (χ0) is 16.5. The summed E-state index contributed by atoms with van der Waals surface area (Å²) in [6, 6.07) is 9.62. The Balaban J connectivity index is 1.67. The average Bonchev–Trinajstić information content (AvgIpc) is 3.28. The Labute approximate surface area is 142 Å². The Morgan fingerprint density at radius 1 is 1.38 bits per heavy atom. The van der Waals surface area contributed by atoms with Crippen LogP contribution in [0.15, 0.2) is 34.9 Å². The van der Waals surface area contributed by atoms with Gasteiger partial charge in [0.2, 0.25) is 5.89 Å². The summed E-state index contributed by atoms with van der Waals surface area (Å²) in [6.45, 7) is 0. The fourth-order valence-corrected chi connectivity index (χ4v) is 4.12. The van der Waals surface area contributed by atoms with Crippen LogP contribution in [0, 0.1) is 11.3 Å². The molecule has 118 valence electrons. The average molecular weight is 335 g/mol. The number of aryl methyl sites for hydroxylation is 1. The van der Waals surface area contributed by atoms with Crippen molar-refractivity contribution in [2.45, 2.75) is 19.3 Å². The van der Waals surface area contributed by atoms with Crippen molar-refractivity contribution in [2.24, 2.45) is 0 Å². The first kappa shape index (κ1) is 14.7. The largest absolute Gasteiger partial charge is 0.436 e. The van der Waals surface area contributed by atoms with Crippen molar-refractivity contribution in [3.8, 4) is 6.07 Å². The molecule has 0 atom stereocenters. The minimum Gasteiger partial charge on any atom is -0.436 e. The van der Waals surface area contributed by atoms with Crippen LogP contribution in [-0.2, 0) is 17.6 Å². The van der Waals surface area contributed by atoms with E-state index in [4.69, 9.17) is 4.42 Å². The lowest BCUT2D eigenvalue weighted by molar-refractivity contribution is -0.103. The summed E-state index contributed by atoms with van der Waals surface area (Å²) in [5.41, 5.74) is 3.48. The summed E-state index contributed by atoms with van der Waals surface area (Å²) in [5, 5.41) is 13.3. The molecule has 0 fully saturated rings. The molecule has 2 heterocycles. The van der Waals surface area contributed by atoms with E-state index in [1.807, 2.05) is 18.2 Å². The van der Waals surface area contributed by atoms with E-state index < -0.39 is 0 Å². The third-order valence-electron chi connectivity index (χ3n) is 4.06. The number of nitriles is 1. The summed E-state index contributed by atoms with van der Waals surface area (Å²) in [7, 11) is 0. The molecule has 24 heavy (non-hydrogen) atoms. The molecule has 1 N–H and O–H groups in total. The number of fused-ring (bicyclic) bond motifs is 2. The second kappa shape index (κ2) is 5.95. The van der Waals surface area contributed by atoms with Crippen LogP contribution in [0.25, 0.3) is 16.7 Å². The van der Waals surface area contributed by atoms with Crippen LogP contribution in [0.2, 0.25) is 0 Å². The minimum absolute atomic E-state index is 0.265. The molecule has 4 rings (SSSR count). The van der Waals surface area contributed by atoms with Gasteiger partial charge in [-0.2, -0.15) is 5.26 Å². The van der Waals surface area contributed by atoms with E-state index in [1.165, 1.54) is 4.88 Å². The molecular formula is C18H13N3O2S. The molecular weight excluding hydrogens is 322 g/mol. The third kappa shape index (κ3) is 2.39. The highest BCUT2D eigenvalue weighted by molar-refractivity contribution is 7.16. The number of para-hydroxylation sites is 2. The summed E-state index contributed by atoms with van der Waals surface area (Å²) in [4.78, 5) is 17.0. The van der Waals surface area contributed by atoms with E-state index in [0.29, 0.717) is 28.5 Å². The smallest absolute Gasteiger partial charge is 0.232 e. The standard InChI is InChI=1S/C18H13N3O2S/c19-8-13-12-4-3-7-16(12)24-18(13)20-9-11(10-22)17-21-14-5-1-2-6-15(14)23-17/h1-2,5-6,9-10,20H,3-4,7H2/b11-9+. The molecule has 1 aliphatic rings. The molecule has 0 saturated carbocycles. The molecule has 1 aromatic carbocycles. The molecule has 0 radical (unpaired) electrons. The lowest BCUT2D eigenvalue weighted by Gasteiger charge is -2.00. The highest BCUT2D eigenvalue weighted by Crippen LogP contribution is 2.38. The second-order valence-electron chi connectivity index (χ2n) is 5.52. The van der Waals surface area contributed by atoms with Gasteiger partial charge >= 0.3 is 0 Å². The van der Waals surface area contributed by atoms with Gasteiger partial charge in [0.15, 0.2) is 11.9 Å². The maximum absolute atomic E-state index is 11.4. The summed E-state index contributed by atoms with van der Waals surface area (Å²) in [6.07, 6.45) is 5.33. The number of thiophene rings is 1. The number of allylic oxidation sites excluding steroid dienone is 1. The van der Waals surface area contributed by atoms with E-state index in [1.54, 1.807) is 23.6 Å². The van der Waals surface area contributed by atoms with Gasteiger partial charge in [0, 0.05) is 11.1 Å². The molecule has 0 aliphatic heterocycles. The number of anilines is 1. The van der Waals surface area contributed by atoms with Crippen LogP contribution >= 0.6 is 11.3 Å². The number of nitrogens with one attached hydrogen (secondary N) is 1. The number of nitrogens with zero attached hydrogens (tertiary/aromatic N) is 2. The zero-order valence-corrected chi connectivity index (χ0v) is 13.5. The molecule has 0 unspecified atom stereocenters. The molecule has 2 aromatic heterocycles. The van der Waals surface area contributed by atoms with Gasteiger partial charge in [0.25, 0.3) is 0 Å². The molecule has 1 aliphatic carbocycles. The highest BCUT2D eigenvalue weighted by atomic mass is 32.1. The quantitative estimate of drug-likeness (QED) is 0.578. The van der Waals surface area contributed by atoms with Crippen LogP contribution in [0.5, 0.6) is 0 Å². The van der Waals surface area contributed by atoms with Crippen molar-refractivity contribution in [3.05, 3.63) is 52.4 Å². The molecule has 5 nitrogen and oxygen atoms in total. The van der Waals surface area contributed by atoms with Crippen LogP contribution in [0.4, 0.5) is 5.00 Å². The predicted octanol–water partition coefficient (Wildman–Crippen LogP) is 3.90. The van der Waals surface area contributed by atoms with Crippen molar-refractivity contribution in [2.75, 3.05) is 5.32 Å². The third-order valence-corrected chi connectivity index (χ3v) is 5.28. The highest BCUT2D eigenvalue weighted by Gasteiger charge is 2.21. The molecule has 0 amide bonds. The van der Waals surface area contributed by atoms with Gasteiger partial charge in [-0.1, -0.05) is 12.1 Å². The van der Waals surface area contributed by atoms with Gasteiger partial charge in [0.05, 0.1) is 11.1 Å². The van der Waals surface area contributed by atoms with Gasteiger partial charge < -0.3 is 9.73 Å². The van der Waals surface area contributed by atoms with Crippen molar-refractivity contribution in [3.63, 3.8) is 0 Å². The van der Waals surface area contributed by atoms with Crippen LogP contribution in [0.3, 0.4) is 0 Å². The van der Waals surface area contributed by atoms with Crippen molar-refractivity contribution in [1.82, 2.24) is 4.98 Å². The Morgan fingerprint density at radius 3 is 3.04 bits per heavy atom. The van der Waals surface area contributed by atoms with E-state index in [0.717, 1.165) is 29.8 Å². The Morgan fingerprint density at radius 2 is 2.25 bits per heavy atom. The van der Waals surface area contributed by atoms with Gasteiger partial charge in [-0.15, -0.1) is 11.3 Å². The summed E-state index contributed by atoms with van der Waals surface area (Å²) < 4.78 is 5.62. The first-order chi connectivity index (χ1) is 11.8. The number of benzene rings is 1. The SMILES string of the molecule is N#Cc1c(N/C=C(\C=O)c2nc3ccccc3o2)sc2c1CCC2. The van der Waals surface area contributed by atoms with Gasteiger partial charge in [-0.3, -0.25) is 4.79 Å². The first-order valence-corrected chi connectivity index (χ1v) is 8.44. The van der Waals surface area contributed by atoms with Crippen LogP contribution in [-0.4, -0.2) is 11.3 Å². The fraction of sp³-hybridized carbons (Fsp3) is 0.167. The Hall–Kier alpha value is -2.91. The monoisotopic (exact) mass is 335 g/mol. The maximum Gasteiger partial charge on any atom is 0.232 e. The van der Waals surface area contributed by atoms with Crippen molar-refractivity contribution >= 4 is 39.3 Å². The van der Waals surface area contributed by atoms with Crippen molar-refractivity contribution in [1.29, 1.82) is 5.26 Å². The fourth-order valence-electron chi connectivity index (χ4n) is 2.91. The van der Waals surface area contributed by atoms with E-state index >= 15 is 0 Å². The lowest BCUT2D eigenvalue weighted by atomic mass is 10.1. The molecule has 6 heteroatoms. The van der Waals surface area contributed by atoms with Gasteiger partial charge in [0.1, 0.15) is 16.6 Å². The Bertz CT molecular complexity index is 974. The molecule has 3 aromatic rings. The van der Waals surface area contributed by atoms with Crippen LogP contribution < -0.4 is 5.32 Å². The van der Waals surface area contributed by atoms with Gasteiger partial charge in [-0.05, 0) is 37.0 Å². The first-order valence-electron chi connectivity index (χ1n) is 7.62. The van der Waals surface area contributed by atoms with Crippen molar-refractivity contribution < 1.29 is 9.21 Å². The number of rotatable bonds is 4. The number of carbonyl (C=O) groups excluding carboxylic acids is 1. The van der Waals surface area contributed by atoms with Crippen LogP contribution in [0.1, 0.15) is 28.3 Å². The molecule has 0 bridgehead atoms. The Kier molecular flexibility index (Phi) is 3.63. The number of oxazole rings is 1. The second-order valence-corrected chi connectivity index (χ2v) is 6.63. The lowest BCUT2D eigenvalue weighted by Crippen LogP contribution is -1.94. The topological polar surface area (TPSA) is 78.9 Å². The van der Waals surface area contributed by atoms with Gasteiger partial charge in [-0.25, -0.2) is 4.98 Å². The molecule has 0 spiro atoms. The number of hydrogen-bond donors (Lipinski definition) is 1. The number of carbonyl (C=O) groups is 1. The predicted molar refractivity (Wildman–Crippen MR) is 92.7 cm³/mol. The van der Waals surface area contributed by atoms with E-state index in [9.17, 15) is 10.1 Å². The summed E-state index contributed by atoms with van der Waals surface area (Å²) >= 11 is 1.58. The molecule has 0 saturated heterocycles. The normalized spacial score (nSPS) is 13.7. The zero-order valence-electron chi connectivity index (χ0n) is 12.7. The summed E-state index contributed by atoms with van der Waals surface area (Å²) in [5.74, 6) is 0.265.